The molecule has 28 heavy (non-hydrogen) atoms. The predicted octanol–water partition coefficient (Wildman–Crippen LogP) is 6.08. The first-order valence-electron chi connectivity index (χ1n) is 10.5. The van der Waals surface area contributed by atoms with Crippen LogP contribution < -0.4 is 0 Å². The lowest BCUT2D eigenvalue weighted by Crippen LogP contribution is -2.51. The van der Waals surface area contributed by atoms with Crippen LogP contribution in [0.4, 0.5) is 4.79 Å². The van der Waals surface area contributed by atoms with Gasteiger partial charge in [-0.25, -0.2) is 4.79 Å². The van der Waals surface area contributed by atoms with E-state index < -0.39 is 5.60 Å². The van der Waals surface area contributed by atoms with Crippen molar-refractivity contribution in [3.63, 3.8) is 0 Å². The first-order valence-corrected chi connectivity index (χ1v) is 10.5. The number of carbonyl (C=O) groups is 1. The molecule has 1 aliphatic carbocycles. The lowest BCUT2D eigenvalue weighted by Gasteiger charge is -2.39. The van der Waals surface area contributed by atoms with Gasteiger partial charge in [-0.2, -0.15) is 0 Å². The average Bonchev–Trinajstić information content (AvgIpc) is 3.19. The summed E-state index contributed by atoms with van der Waals surface area (Å²) >= 11 is 0. The highest BCUT2D eigenvalue weighted by Gasteiger charge is 2.53. The third-order valence-electron chi connectivity index (χ3n) is 6.35. The molecule has 3 heteroatoms. The van der Waals surface area contributed by atoms with E-state index in [1.165, 1.54) is 29.5 Å². The standard InChI is InChI=1S/C25H31NO2/c1-24(2,3)28-23(27)26-17-15-22-10-7-16-25(22,26)18-19-11-13-21(14-12-19)20-8-5-4-6-9-20/h4-6,8-9,11-14,22H,7,10,15-18H2,1-3H3/t22-,25+/m0/s1. The minimum atomic E-state index is -0.452. The maximum absolute atomic E-state index is 12.9. The van der Waals surface area contributed by atoms with Crippen molar-refractivity contribution in [1.82, 2.24) is 4.90 Å². The number of fused-ring (bicyclic) bond motifs is 1. The second-order valence-corrected chi connectivity index (χ2v) is 9.35. The van der Waals surface area contributed by atoms with Crippen LogP contribution in [0.15, 0.2) is 54.6 Å². The van der Waals surface area contributed by atoms with Crippen LogP contribution in [0.5, 0.6) is 0 Å². The fourth-order valence-electron chi connectivity index (χ4n) is 5.12. The molecule has 2 atom stereocenters. The predicted molar refractivity (Wildman–Crippen MR) is 113 cm³/mol. The van der Waals surface area contributed by atoms with Gasteiger partial charge in [0, 0.05) is 6.54 Å². The largest absolute Gasteiger partial charge is 0.444 e. The molecule has 1 aliphatic heterocycles. The van der Waals surface area contributed by atoms with E-state index >= 15 is 0 Å². The topological polar surface area (TPSA) is 29.5 Å². The Labute approximate surface area is 168 Å². The molecule has 2 fully saturated rings. The molecular formula is C25H31NO2. The van der Waals surface area contributed by atoms with Crippen molar-refractivity contribution >= 4 is 6.09 Å². The number of hydrogen-bond acceptors (Lipinski definition) is 2. The van der Waals surface area contributed by atoms with Gasteiger partial charge in [-0.3, -0.25) is 0 Å². The number of ether oxygens (including phenoxy) is 1. The fraction of sp³-hybridized carbons (Fsp3) is 0.480. The number of amides is 1. The van der Waals surface area contributed by atoms with Crippen LogP contribution in [0.2, 0.25) is 0 Å². The van der Waals surface area contributed by atoms with Gasteiger partial charge in [0.2, 0.25) is 0 Å². The van der Waals surface area contributed by atoms with Gasteiger partial charge in [-0.05, 0) is 69.1 Å². The molecule has 0 aromatic heterocycles. The molecular weight excluding hydrogens is 346 g/mol. The Bertz CT molecular complexity index is 822. The lowest BCUT2D eigenvalue weighted by atomic mass is 9.82. The number of benzene rings is 2. The molecule has 4 rings (SSSR count). The molecule has 1 amide bonds. The number of rotatable bonds is 3. The molecule has 0 N–H and O–H groups in total. The summed E-state index contributed by atoms with van der Waals surface area (Å²) < 4.78 is 5.76. The fourth-order valence-corrected chi connectivity index (χ4v) is 5.12. The zero-order chi connectivity index (χ0) is 19.8. The van der Waals surface area contributed by atoms with Crippen LogP contribution in [0, 0.1) is 5.92 Å². The van der Waals surface area contributed by atoms with Gasteiger partial charge in [0.05, 0.1) is 5.54 Å². The molecule has 0 radical (unpaired) electrons. The number of likely N-dealkylation sites (tertiary alicyclic amines) is 1. The van der Waals surface area contributed by atoms with E-state index in [1.54, 1.807) is 0 Å². The Balaban J connectivity index is 1.56. The minimum Gasteiger partial charge on any atom is -0.444 e. The summed E-state index contributed by atoms with van der Waals surface area (Å²) in [6.45, 7) is 6.66. The van der Waals surface area contributed by atoms with Crippen molar-refractivity contribution in [3.8, 4) is 11.1 Å². The van der Waals surface area contributed by atoms with Crippen molar-refractivity contribution in [2.75, 3.05) is 6.54 Å². The summed E-state index contributed by atoms with van der Waals surface area (Å²) in [6.07, 6.45) is 5.38. The van der Waals surface area contributed by atoms with Gasteiger partial charge in [0.15, 0.2) is 0 Å². The van der Waals surface area contributed by atoms with E-state index in [0.717, 1.165) is 25.8 Å². The first kappa shape index (κ1) is 19.0. The monoisotopic (exact) mass is 377 g/mol. The van der Waals surface area contributed by atoms with Crippen LogP contribution in [-0.2, 0) is 11.2 Å². The highest BCUT2D eigenvalue weighted by Crippen LogP contribution is 2.49. The van der Waals surface area contributed by atoms with Gasteiger partial charge < -0.3 is 9.64 Å². The van der Waals surface area contributed by atoms with Crippen LogP contribution in [0.3, 0.4) is 0 Å². The summed E-state index contributed by atoms with van der Waals surface area (Å²) in [5.41, 5.74) is 3.26. The molecule has 1 saturated heterocycles. The molecule has 2 aromatic rings. The summed E-state index contributed by atoms with van der Waals surface area (Å²) in [6, 6.07) is 19.4. The van der Waals surface area contributed by atoms with Crippen LogP contribution in [0.25, 0.3) is 11.1 Å². The van der Waals surface area contributed by atoms with E-state index in [0.29, 0.717) is 5.92 Å². The highest BCUT2D eigenvalue weighted by atomic mass is 16.6. The molecule has 0 bridgehead atoms. The van der Waals surface area contributed by atoms with E-state index in [1.807, 2.05) is 26.8 Å². The Kier molecular flexibility index (Phi) is 4.95. The number of carbonyl (C=O) groups excluding carboxylic acids is 1. The van der Waals surface area contributed by atoms with Crippen molar-refractivity contribution < 1.29 is 9.53 Å². The number of hydrogen-bond donors (Lipinski definition) is 0. The van der Waals surface area contributed by atoms with E-state index in [9.17, 15) is 4.79 Å². The summed E-state index contributed by atoms with van der Waals surface area (Å²) in [5.74, 6) is 0.591. The summed E-state index contributed by atoms with van der Waals surface area (Å²) in [4.78, 5) is 15.0. The number of nitrogens with zero attached hydrogens (tertiary/aromatic N) is 1. The van der Waals surface area contributed by atoms with Crippen molar-refractivity contribution in [3.05, 3.63) is 60.2 Å². The Morgan fingerprint density at radius 2 is 1.71 bits per heavy atom. The lowest BCUT2D eigenvalue weighted by molar-refractivity contribution is 0.00491. The maximum Gasteiger partial charge on any atom is 0.410 e. The van der Waals surface area contributed by atoms with Crippen molar-refractivity contribution in [1.29, 1.82) is 0 Å². The average molecular weight is 378 g/mol. The smallest absolute Gasteiger partial charge is 0.410 e. The first-order chi connectivity index (χ1) is 13.4. The van der Waals surface area contributed by atoms with Gasteiger partial charge >= 0.3 is 6.09 Å². The SMILES string of the molecule is CC(C)(C)OC(=O)N1CC[C@@H]2CCC[C@@]21Cc1ccc(-c2ccccc2)cc1. The van der Waals surface area contributed by atoms with Gasteiger partial charge in [-0.1, -0.05) is 61.0 Å². The van der Waals surface area contributed by atoms with Crippen LogP contribution in [0.1, 0.15) is 52.0 Å². The molecule has 0 unspecified atom stereocenters. The summed E-state index contributed by atoms with van der Waals surface area (Å²) in [5, 5.41) is 0. The zero-order valence-electron chi connectivity index (χ0n) is 17.3. The third kappa shape index (κ3) is 3.67. The molecule has 2 aliphatic rings. The van der Waals surface area contributed by atoms with Gasteiger partial charge in [0.1, 0.15) is 5.60 Å². The van der Waals surface area contributed by atoms with Crippen molar-refractivity contribution in [2.24, 2.45) is 5.92 Å². The zero-order valence-corrected chi connectivity index (χ0v) is 17.3. The molecule has 1 heterocycles. The van der Waals surface area contributed by atoms with Crippen molar-refractivity contribution in [2.45, 2.75) is 64.0 Å². The second kappa shape index (κ2) is 7.27. The maximum atomic E-state index is 12.9. The van der Waals surface area contributed by atoms with Gasteiger partial charge in [-0.15, -0.1) is 0 Å². The Hall–Kier alpha value is -2.29. The molecule has 2 aromatic carbocycles. The van der Waals surface area contributed by atoms with Crippen LogP contribution >= 0.6 is 0 Å². The molecule has 148 valence electrons. The van der Waals surface area contributed by atoms with E-state index in [2.05, 4.69) is 53.4 Å². The Morgan fingerprint density at radius 3 is 2.39 bits per heavy atom. The second-order valence-electron chi connectivity index (χ2n) is 9.35. The Morgan fingerprint density at radius 1 is 1.04 bits per heavy atom. The molecule has 0 spiro atoms. The minimum absolute atomic E-state index is 0.0728. The van der Waals surface area contributed by atoms with Gasteiger partial charge in [0.25, 0.3) is 0 Å². The molecule has 1 saturated carbocycles. The quantitative estimate of drug-likeness (QED) is 0.649. The summed E-state index contributed by atoms with van der Waals surface area (Å²) in [7, 11) is 0. The normalized spacial score (nSPS) is 24.2. The highest BCUT2D eigenvalue weighted by molar-refractivity contribution is 5.70. The van der Waals surface area contributed by atoms with Crippen LogP contribution in [-0.4, -0.2) is 28.7 Å². The molecule has 3 nitrogen and oxygen atoms in total. The third-order valence-corrected chi connectivity index (χ3v) is 6.35. The van der Waals surface area contributed by atoms with E-state index in [-0.39, 0.29) is 11.6 Å². The van der Waals surface area contributed by atoms with E-state index in [4.69, 9.17) is 4.74 Å².